The average molecular weight is 811 g/mol. The van der Waals surface area contributed by atoms with Gasteiger partial charge in [0.25, 0.3) is 0 Å². The molecule has 6 aromatic carbocycles. The van der Waals surface area contributed by atoms with Gasteiger partial charge in [0.2, 0.25) is 0 Å². The predicted octanol–water partition coefficient (Wildman–Crippen LogP) is 17.5. The first-order chi connectivity index (χ1) is 29.8. The second-order valence-corrected chi connectivity index (χ2v) is 19.5. The predicted molar refractivity (Wildman–Crippen MR) is 265 cm³/mol. The second kappa shape index (κ2) is 15.3. The van der Waals surface area contributed by atoms with Crippen molar-refractivity contribution in [2.75, 3.05) is 0 Å². The average Bonchev–Trinajstić information content (AvgIpc) is 3.67. The smallest absolute Gasteiger partial charge is 0.143 e. The zero-order chi connectivity index (χ0) is 43.3. The lowest BCUT2D eigenvalue weighted by Gasteiger charge is -2.43. The maximum atomic E-state index is 7.26. The summed E-state index contributed by atoms with van der Waals surface area (Å²) >= 11 is 0. The van der Waals surface area contributed by atoms with E-state index in [1.54, 1.807) is 0 Å². The molecule has 0 saturated heterocycles. The Kier molecular flexibility index (Phi) is 9.97. The minimum Gasteiger partial charge on any atom is -0.455 e. The molecule has 62 heavy (non-hydrogen) atoms. The Hall–Kier alpha value is -5.66. The largest absolute Gasteiger partial charge is 0.455 e. The Morgan fingerprint density at radius 2 is 0.903 bits per heavy atom. The molecular weight excluding hydrogens is 749 g/mol. The molecule has 0 bridgehead atoms. The van der Waals surface area contributed by atoms with E-state index in [-0.39, 0.29) is 0 Å². The van der Waals surface area contributed by atoms with Crippen molar-refractivity contribution in [3.63, 3.8) is 0 Å². The highest BCUT2D eigenvalue weighted by atomic mass is 16.3. The number of hydrogen-bond donors (Lipinski definition) is 0. The first kappa shape index (κ1) is 40.4. The van der Waals surface area contributed by atoms with Crippen molar-refractivity contribution in [1.29, 1.82) is 0 Å². The number of rotatable bonds is 5. The van der Waals surface area contributed by atoms with Gasteiger partial charge in [-0.15, -0.1) is 0 Å². The van der Waals surface area contributed by atoms with Gasteiger partial charge in [0, 0.05) is 28.2 Å². The Labute approximate surface area is 370 Å². The van der Waals surface area contributed by atoms with Crippen molar-refractivity contribution in [1.82, 2.24) is 0 Å². The zero-order valence-electron chi connectivity index (χ0n) is 38.8. The second-order valence-electron chi connectivity index (χ2n) is 19.5. The van der Waals surface area contributed by atoms with E-state index in [4.69, 9.17) is 4.42 Å². The number of allylic oxidation sites excluding steroid dienone is 8. The van der Waals surface area contributed by atoms with E-state index in [1.165, 1.54) is 128 Å². The molecule has 1 heteroatoms. The fourth-order valence-electron chi connectivity index (χ4n) is 12.8. The van der Waals surface area contributed by atoms with E-state index in [2.05, 4.69) is 185 Å². The fraction of sp³-hybridized carbons (Fsp3) is 0.311. The Bertz CT molecular complexity index is 3030. The summed E-state index contributed by atoms with van der Waals surface area (Å²) in [5.41, 5.74) is 27.7. The highest BCUT2D eigenvalue weighted by Crippen LogP contribution is 2.55. The quantitative estimate of drug-likeness (QED) is 0.169. The molecule has 0 amide bonds. The van der Waals surface area contributed by atoms with Crippen molar-refractivity contribution >= 4 is 38.3 Å². The van der Waals surface area contributed by atoms with Crippen LogP contribution in [0.4, 0.5) is 0 Å². The molecule has 0 spiro atoms. The lowest BCUT2D eigenvalue weighted by molar-refractivity contribution is 0.353. The molecule has 3 aliphatic rings. The van der Waals surface area contributed by atoms with Crippen molar-refractivity contribution in [2.45, 2.75) is 113 Å². The van der Waals surface area contributed by atoms with Gasteiger partial charge in [-0.25, -0.2) is 0 Å². The summed E-state index contributed by atoms with van der Waals surface area (Å²) in [6.07, 6.45) is 3.42. The van der Waals surface area contributed by atoms with Crippen molar-refractivity contribution < 1.29 is 4.42 Å². The van der Waals surface area contributed by atoms with E-state index in [0.717, 1.165) is 24.0 Å². The van der Waals surface area contributed by atoms with E-state index in [0.29, 0.717) is 29.6 Å². The molecule has 1 saturated carbocycles. The monoisotopic (exact) mass is 810 g/mol. The molecule has 7 aromatic rings. The van der Waals surface area contributed by atoms with Crippen LogP contribution in [0.5, 0.6) is 0 Å². The molecule has 1 aromatic heterocycles. The summed E-state index contributed by atoms with van der Waals surface area (Å²) < 4.78 is 7.26. The number of benzene rings is 6. The molecule has 0 radical (unpaired) electrons. The minimum absolute atomic E-state index is 0.377. The standard InChI is InChI=1S/C61H62O/c1-33-34(2)36(4)58-43(11)59(42(10)41(9)56(58)35(33)3)57-39(7)37(5)55(38(6)40(57)8)52-27-26-51(60-53-31-46-24-18-19-25-47(46)32-54(53)62-61(52)60)50-29-48(44-20-14-12-15-21-44)28-49(30-50)45-22-16-13-17-23-45/h12-27,31-32,48-50,56,58H,28-30H2,1-11H3. The van der Waals surface area contributed by atoms with Crippen LogP contribution in [0, 0.1) is 39.5 Å². The third-order valence-corrected chi connectivity index (χ3v) is 16.7. The molecule has 1 fully saturated rings. The van der Waals surface area contributed by atoms with Crippen LogP contribution in [0.1, 0.15) is 130 Å². The Morgan fingerprint density at radius 1 is 0.435 bits per heavy atom. The molecular formula is C61H62O. The molecule has 1 nitrogen and oxygen atoms in total. The Morgan fingerprint density at radius 3 is 1.47 bits per heavy atom. The van der Waals surface area contributed by atoms with E-state index >= 15 is 0 Å². The summed E-state index contributed by atoms with van der Waals surface area (Å²) in [7, 11) is 0. The van der Waals surface area contributed by atoms with Gasteiger partial charge in [-0.05, 0) is 208 Å². The summed E-state index contributed by atoms with van der Waals surface area (Å²) in [5, 5.41) is 5.00. The molecule has 1 heterocycles. The van der Waals surface area contributed by atoms with E-state index in [1.807, 2.05) is 0 Å². The van der Waals surface area contributed by atoms with Gasteiger partial charge in [0.1, 0.15) is 11.2 Å². The zero-order valence-corrected chi connectivity index (χ0v) is 38.8. The van der Waals surface area contributed by atoms with Crippen LogP contribution in [0.2, 0.25) is 0 Å². The van der Waals surface area contributed by atoms with Crippen LogP contribution in [0.3, 0.4) is 0 Å². The lowest BCUT2D eigenvalue weighted by atomic mass is 9.61. The first-order valence-electron chi connectivity index (χ1n) is 23.2. The summed E-state index contributed by atoms with van der Waals surface area (Å²) in [6, 6.07) is 40.9. The van der Waals surface area contributed by atoms with E-state index in [9.17, 15) is 0 Å². The van der Waals surface area contributed by atoms with Crippen molar-refractivity contribution in [3.8, 4) is 11.1 Å². The topological polar surface area (TPSA) is 13.1 Å². The maximum Gasteiger partial charge on any atom is 0.143 e. The fourth-order valence-corrected chi connectivity index (χ4v) is 12.8. The summed E-state index contributed by atoms with van der Waals surface area (Å²) in [4.78, 5) is 0. The molecule has 10 rings (SSSR count). The van der Waals surface area contributed by atoms with Crippen LogP contribution in [0.15, 0.2) is 153 Å². The molecule has 4 atom stereocenters. The van der Waals surface area contributed by atoms with Crippen LogP contribution in [-0.4, -0.2) is 0 Å². The van der Waals surface area contributed by atoms with Crippen molar-refractivity contribution in [3.05, 3.63) is 193 Å². The van der Waals surface area contributed by atoms with Crippen LogP contribution < -0.4 is 0 Å². The highest BCUT2D eigenvalue weighted by Gasteiger charge is 2.40. The van der Waals surface area contributed by atoms with Gasteiger partial charge in [-0.3, -0.25) is 0 Å². The summed E-state index contributed by atoms with van der Waals surface area (Å²) in [6.45, 7) is 26.2. The molecule has 312 valence electrons. The van der Waals surface area contributed by atoms with Crippen LogP contribution >= 0.6 is 0 Å². The third-order valence-electron chi connectivity index (χ3n) is 16.7. The summed E-state index contributed by atoms with van der Waals surface area (Å²) in [5.74, 6) is 2.17. The molecule has 3 aliphatic carbocycles. The molecule has 0 N–H and O–H groups in total. The van der Waals surface area contributed by atoms with E-state index < -0.39 is 0 Å². The Balaban J connectivity index is 1.18. The van der Waals surface area contributed by atoms with Gasteiger partial charge >= 0.3 is 0 Å². The van der Waals surface area contributed by atoms with Gasteiger partial charge in [0.15, 0.2) is 0 Å². The van der Waals surface area contributed by atoms with Crippen molar-refractivity contribution in [2.24, 2.45) is 11.8 Å². The minimum atomic E-state index is 0.377. The maximum absolute atomic E-state index is 7.26. The highest BCUT2D eigenvalue weighted by molar-refractivity contribution is 6.15. The normalized spacial score (nSPS) is 22.1. The van der Waals surface area contributed by atoms with Gasteiger partial charge in [0.05, 0.1) is 0 Å². The number of furan rings is 1. The third kappa shape index (κ3) is 6.17. The number of hydrogen-bond acceptors (Lipinski definition) is 1. The van der Waals surface area contributed by atoms with Gasteiger partial charge in [-0.2, -0.15) is 0 Å². The van der Waals surface area contributed by atoms with Gasteiger partial charge < -0.3 is 4.42 Å². The lowest BCUT2D eigenvalue weighted by Crippen LogP contribution is -2.29. The first-order valence-corrected chi connectivity index (χ1v) is 23.2. The molecule has 4 unspecified atom stereocenters. The number of fused-ring (bicyclic) bond motifs is 5. The SMILES string of the molecule is CC1=C(C)C2C(C)=C(C)C(c3c(C)c(C)c(-c4ccc(C5CC(c6ccccc6)CC(c6ccccc6)C5)c5c4oc4cc6ccccc6cc45)c(C)c3C)=C(C)C2C(C)=C1C. The van der Waals surface area contributed by atoms with Gasteiger partial charge in [-0.1, -0.05) is 119 Å². The molecule has 0 aliphatic heterocycles. The van der Waals surface area contributed by atoms with Crippen LogP contribution in [-0.2, 0) is 0 Å². The van der Waals surface area contributed by atoms with Crippen LogP contribution in [0.25, 0.3) is 49.4 Å².